The Labute approximate surface area is 105 Å². The monoisotopic (exact) mass is 241 g/mol. The summed E-state index contributed by atoms with van der Waals surface area (Å²) in [5, 5.41) is 3.08. The van der Waals surface area contributed by atoms with Crippen molar-refractivity contribution in [3.63, 3.8) is 0 Å². The molecule has 0 atom stereocenters. The lowest BCUT2D eigenvalue weighted by Gasteiger charge is -2.30. The fourth-order valence-electron chi connectivity index (χ4n) is 2.22. The molecule has 4 heteroatoms. The molecule has 0 aliphatic carbocycles. The molecule has 1 heterocycles. The van der Waals surface area contributed by atoms with Crippen LogP contribution in [0.1, 0.15) is 33.1 Å². The molecule has 3 N–H and O–H groups in total. The van der Waals surface area contributed by atoms with Crippen molar-refractivity contribution in [2.75, 3.05) is 33.2 Å². The van der Waals surface area contributed by atoms with Crippen molar-refractivity contribution in [3.05, 3.63) is 0 Å². The minimum Gasteiger partial charge on any atom is -0.355 e. The number of carbonyl (C=O) groups excluding carboxylic acids is 1. The van der Waals surface area contributed by atoms with Crippen molar-refractivity contribution in [1.82, 2.24) is 10.2 Å². The fourth-order valence-corrected chi connectivity index (χ4v) is 2.22. The van der Waals surface area contributed by atoms with Crippen LogP contribution in [-0.2, 0) is 4.79 Å². The van der Waals surface area contributed by atoms with Gasteiger partial charge in [0, 0.05) is 12.0 Å². The number of nitrogens with two attached hydrogens (primary N) is 1. The molecule has 4 nitrogen and oxygen atoms in total. The summed E-state index contributed by atoms with van der Waals surface area (Å²) in [7, 11) is 2.15. The predicted octanol–water partition coefficient (Wildman–Crippen LogP) is 0.819. The molecular formula is C13H27N3O. The first-order valence-electron chi connectivity index (χ1n) is 6.62. The predicted molar refractivity (Wildman–Crippen MR) is 70.7 cm³/mol. The maximum absolute atomic E-state index is 12.0. The molecule has 1 rings (SSSR count). The Morgan fingerprint density at radius 1 is 1.41 bits per heavy atom. The molecular weight excluding hydrogens is 214 g/mol. The fraction of sp³-hybridized carbons (Fsp3) is 0.923. The summed E-state index contributed by atoms with van der Waals surface area (Å²) in [6, 6.07) is 0. The van der Waals surface area contributed by atoms with Gasteiger partial charge < -0.3 is 16.0 Å². The van der Waals surface area contributed by atoms with E-state index in [0.717, 1.165) is 26.1 Å². The van der Waals surface area contributed by atoms with E-state index in [2.05, 4.69) is 17.3 Å². The first kappa shape index (κ1) is 14.5. The lowest BCUT2D eigenvalue weighted by atomic mass is 9.88. The molecule has 1 aliphatic heterocycles. The highest BCUT2D eigenvalue weighted by molar-refractivity contribution is 5.81. The lowest BCUT2D eigenvalue weighted by Crippen LogP contribution is -2.42. The Hall–Kier alpha value is -0.610. The maximum atomic E-state index is 12.0. The van der Waals surface area contributed by atoms with E-state index >= 15 is 0 Å². The molecule has 0 saturated carbocycles. The third kappa shape index (κ3) is 4.64. The topological polar surface area (TPSA) is 58.4 Å². The minimum absolute atomic E-state index is 0.141. The molecule has 1 fully saturated rings. The van der Waals surface area contributed by atoms with Crippen molar-refractivity contribution < 1.29 is 4.79 Å². The summed E-state index contributed by atoms with van der Waals surface area (Å²) < 4.78 is 0. The molecule has 0 aromatic carbocycles. The van der Waals surface area contributed by atoms with E-state index in [4.69, 9.17) is 5.73 Å². The molecule has 0 aromatic heterocycles. The van der Waals surface area contributed by atoms with Crippen LogP contribution in [-0.4, -0.2) is 44.0 Å². The van der Waals surface area contributed by atoms with E-state index in [0.29, 0.717) is 12.5 Å². The molecule has 100 valence electrons. The average molecular weight is 241 g/mol. The minimum atomic E-state index is -0.333. The van der Waals surface area contributed by atoms with Crippen LogP contribution in [0.3, 0.4) is 0 Å². The summed E-state index contributed by atoms with van der Waals surface area (Å²) in [6.45, 7) is 7.60. The van der Waals surface area contributed by atoms with Gasteiger partial charge in [-0.2, -0.15) is 0 Å². The zero-order chi connectivity index (χ0) is 12.9. The zero-order valence-corrected chi connectivity index (χ0v) is 11.5. The first-order chi connectivity index (χ1) is 7.95. The molecule has 0 radical (unpaired) electrons. The smallest absolute Gasteiger partial charge is 0.225 e. The van der Waals surface area contributed by atoms with Crippen molar-refractivity contribution in [2.24, 2.45) is 17.1 Å². The number of amides is 1. The van der Waals surface area contributed by atoms with Crippen LogP contribution >= 0.6 is 0 Å². The van der Waals surface area contributed by atoms with Gasteiger partial charge in [-0.25, -0.2) is 0 Å². The zero-order valence-electron chi connectivity index (χ0n) is 11.5. The average Bonchev–Trinajstić information content (AvgIpc) is 2.27. The summed E-state index contributed by atoms with van der Waals surface area (Å²) >= 11 is 0. The van der Waals surface area contributed by atoms with Crippen LogP contribution < -0.4 is 11.1 Å². The van der Waals surface area contributed by atoms with Crippen molar-refractivity contribution in [3.8, 4) is 0 Å². The molecule has 0 spiro atoms. The van der Waals surface area contributed by atoms with Crippen molar-refractivity contribution in [2.45, 2.75) is 33.1 Å². The second kappa shape index (κ2) is 6.36. The second-order valence-corrected chi connectivity index (χ2v) is 5.88. The highest BCUT2D eigenvalue weighted by atomic mass is 16.2. The third-order valence-electron chi connectivity index (χ3n) is 3.77. The van der Waals surface area contributed by atoms with E-state index in [1.165, 1.54) is 12.8 Å². The van der Waals surface area contributed by atoms with Crippen LogP contribution in [0.2, 0.25) is 0 Å². The van der Waals surface area contributed by atoms with Gasteiger partial charge in [-0.05, 0) is 51.9 Å². The van der Waals surface area contributed by atoms with E-state index in [1.807, 2.05) is 13.8 Å². The van der Waals surface area contributed by atoms with Gasteiger partial charge in [-0.1, -0.05) is 13.8 Å². The van der Waals surface area contributed by atoms with Crippen LogP contribution in [0.5, 0.6) is 0 Å². The normalized spacial score (nSPS) is 19.3. The van der Waals surface area contributed by atoms with Crippen LogP contribution in [0, 0.1) is 11.3 Å². The summed E-state index contributed by atoms with van der Waals surface area (Å²) in [4.78, 5) is 14.3. The molecule has 1 amide bonds. The number of hydrogen-bond acceptors (Lipinski definition) is 3. The van der Waals surface area contributed by atoms with E-state index < -0.39 is 0 Å². The van der Waals surface area contributed by atoms with Crippen molar-refractivity contribution >= 4 is 5.91 Å². The van der Waals surface area contributed by atoms with Gasteiger partial charge in [-0.15, -0.1) is 0 Å². The Bertz CT molecular complexity index is 245. The first-order valence-corrected chi connectivity index (χ1v) is 6.62. The van der Waals surface area contributed by atoms with E-state index in [1.54, 1.807) is 0 Å². The Balaban J connectivity index is 2.28. The van der Waals surface area contributed by atoms with Gasteiger partial charge in [0.15, 0.2) is 0 Å². The number of rotatable bonds is 5. The third-order valence-corrected chi connectivity index (χ3v) is 3.77. The van der Waals surface area contributed by atoms with Gasteiger partial charge >= 0.3 is 0 Å². The second-order valence-electron chi connectivity index (χ2n) is 5.88. The van der Waals surface area contributed by atoms with Gasteiger partial charge in [0.1, 0.15) is 0 Å². The van der Waals surface area contributed by atoms with Gasteiger partial charge in [0.05, 0.1) is 0 Å². The van der Waals surface area contributed by atoms with Gasteiger partial charge in [0.25, 0.3) is 0 Å². The maximum Gasteiger partial charge on any atom is 0.225 e. The number of nitrogens with one attached hydrogen (secondary N) is 1. The van der Waals surface area contributed by atoms with Gasteiger partial charge in [0.2, 0.25) is 5.91 Å². The van der Waals surface area contributed by atoms with Crippen molar-refractivity contribution in [1.29, 1.82) is 0 Å². The Morgan fingerprint density at radius 3 is 2.53 bits per heavy atom. The lowest BCUT2D eigenvalue weighted by molar-refractivity contribution is -0.129. The molecule has 0 bridgehead atoms. The number of hydrogen-bond donors (Lipinski definition) is 2. The summed E-state index contributed by atoms with van der Waals surface area (Å²) in [6.07, 6.45) is 3.12. The number of likely N-dealkylation sites (tertiary alicyclic amines) is 1. The SMILES string of the molecule is CN1CCC(CNC(=O)C(C)(C)CCN)CC1. The standard InChI is InChI=1S/C13H27N3O/c1-13(2,6-7-14)12(17)15-10-11-4-8-16(3)9-5-11/h11H,4-10,14H2,1-3H3,(H,15,17). The van der Waals surface area contributed by atoms with Crippen LogP contribution in [0.15, 0.2) is 0 Å². The number of carbonyl (C=O) groups is 1. The number of nitrogens with zero attached hydrogens (tertiary/aromatic N) is 1. The van der Waals surface area contributed by atoms with E-state index in [9.17, 15) is 4.79 Å². The molecule has 1 saturated heterocycles. The molecule has 1 aliphatic rings. The molecule has 0 aromatic rings. The number of piperidine rings is 1. The largest absolute Gasteiger partial charge is 0.355 e. The van der Waals surface area contributed by atoms with Gasteiger partial charge in [-0.3, -0.25) is 4.79 Å². The highest BCUT2D eigenvalue weighted by Crippen LogP contribution is 2.20. The summed E-state index contributed by atoms with van der Waals surface area (Å²) in [5.41, 5.74) is 5.19. The quantitative estimate of drug-likeness (QED) is 0.749. The van der Waals surface area contributed by atoms with Crippen LogP contribution in [0.25, 0.3) is 0 Å². The Morgan fingerprint density at radius 2 is 2.00 bits per heavy atom. The van der Waals surface area contributed by atoms with Crippen LogP contribution in [0.4, 0.5) is 0 Å². The Kier molecular flexibility index (Phi) is 5.40. The highest BCUT2D eigenvalue weighted by Gasteiger charge is 2.27. The summed E-state index contributed by atoms with van der Waals surface area (Å²) in [5.74, 6) is 0.783. The van der Waals surface area contributed by atoms with E-state index in [-0.39, 0.29) is 11.3 Å². The molecule has 0 unspecified atom stereocenters. The molecule has 17 heavy (non-hydrogen) atoms.